The molecule has 30 heavy (non-hydrogen) atoms. The Hall–Kier alpha value is -2.76. The summed E-state index contributed by atoms with van der Waals surface area (Å²) in [5.74, 6) is 0.294. The summed E-state index contributed by atoms with van der Waals surface area (Å²) in [5.41, 5.74) is 5.01. The SMILES string of the molecule is CCCC(=O)Nc1nc2c(c(-c3ccccc3Cl)n1)CN(Cc1ccccc1)CC2. The molecule has 154 valence electrons. The lowest BCUT2D eigenvalue weighted by Crippen LogP contribution is -2.32. The fourth-order valence-electron chi connectivity index (χ4n) is 3.79. The van der Waals surface area contributed by atoms with Crippen LogP contribution in [0, 0.1) is 0 Å². The van der Waals surface area contributed by atoms with Gasteiger partial charge in [0, 0.05) is 48.6 Å². The number of aromatic nitrogens is 2. The molecule has 0 bridgehead atoms. The largest absolute Gasteiger partial charge is 0.295 e. The Bertz CT molecular complexity index is 1040. The minimum atomic E-state index is -0.0657. The molecule has 0 aliphatic carbocycles. The van der Waals surface area contributed by atoms with Crippen molar-refractivity contribution in [3.05, 3.63) is 76.4 Å². The van der Waals surface area contributed by atoms with Crippen LogP contribution in [-0.4, -0.2) is 27.3 Å². The van der Waals surface area contributed by atoms with Gasteiger partial charge in [0.25, 0.3) is 0 Å². The standard InChI is InChI=1S/C24H25ClN4O/c1-2-8-22(30)27-24-26-21-13-14-29(15-17-9-4-3-5-10-17)16-19(21)23(28-24)18-11-6-7-12-20(18)25/h3-7,9-12H,2,8,13-16H2,1H3,(H,26,27,28,30). The maximum atomic E-state index is 12.1. The molecule has 1 amide bonds. The lowest BCUT2D eigenvalue weighted by Gasteiger charge is -2.30. The number of fused-ring (bicyclic) bond motifs is 1. The van der Waals surface area contributed by atoms with E-state index in [0.29, 0.717) is 17.4 Å². The molecule has 2 aromatic carbocycles. The number of carbonyl (C=O) groups is 1. The fraction of sp³-hybridized carbons (Fsp3) is 0.292. The first-order chi connectivity index (χ1) is 14.6. The highest BCUT2D eigenvalue weighted by atomic mass is 35.5. The van der Waals surface area contributed by atoms with E-state index in [1.165, 1.54) is 5.56 Å². The molecular weight excluding hydrogens is 396 g/mol. The van der Waals surface area contributed by atoms with Crippen LogP contribution in [0.5, 0.6) is 0 Å². The van der Waals surface area contributed by atoms with Gasteiger partial charge in [0.2, 0.25) is 11.9 Å². The number of carbonyl (C=O) groups excluding carboxylic acids is 1. The quantitative estimate of drug-likeness (QED) is 0.603. The van der Waals surface area contributed by atoms with Crippen molar-refractivity contribution < 1.29 is 4.79 Å². The zero-order valence-electron chi connectivity index (χ0n) is 17.1. The highest BCUT2D eigenvalue weighted by molar-refractivity contribution is 6.33. The third kappa shape index (κ3) is 4.69. The smallest absolute Gasteiger partial charge is 0.230 e. The van der Waals surface area contributed by atoms with Crippen LogP contribution < -0.4 is 5.32 Å². The Morgan fingerprint density at radius 1 is 1.10 bits per heavy atom. The van der Waals surface area contributed by atoms with Crippen LogP contribution in [0.1, 0.15) is 36.6 Å². The first-order valence-electron chi connectivity index (χ1n) is 10.3. The van der Waals surface area contributed by atoms with Crippen LogP contribution in [0.25, 0.3) is 11.3 Å². The first kappa shape index (κ1) is 20.5. The average Bonchev–Trinajstić information content (AvgIpc) is 2.75. The van der Waals surface area contributed by atoms with Gasteiger partial charge in [-0.1, -0.05) is 67.1 Å². The number of nitrogens with zero attached hydrogens (tertiary/aromatic N) is 3. The van der Waals surface area contributed by atoms with E-state index in [0.717, 1.165) is 55.0 Å². The van der Waals surface area contributed by atoms with E-state index in [9.17, 15) is 4.79 Å². The number of halogens is 1. The Morgan fingerprint density at radius 2 is 1.87 bits per heavy atom. The highest BCUT2D eigenvalue weighted by Gasteiger charge is 2.24. The van der Waals surface area contributed by atoms with Crippen molar-refractivity contribution in [2.24, 2.45) is 0 Å². The number of amides is 1. The minimum Gasteiger partial charge on any atom is -0.295 e. The summed E-state index contributed by atoms with van der Waals surface area (Å²) in [6.07, 6.45) is 2.04. The number of anilines is 1. The number of nitrogens with one attached hydrogen (secondary N) is 1. The van der Waals surface area contributed by atoms with Crippen molar-refractivity contribution >= 4 is 23.5 Å². The predicted molar refractivity (Wildman–Crippen MR) is 120 cm³/mol. The average molecular weight is 421 g/mol. The van der Waals surface area contributed by atoms with Crippen LogP contribution in [-0.2, 0) is 24.3 Å². The Balaban J connectivity index is 1.69. The lowest BCUT2D eigenvalue weighted by atomic mass is 9.98. The predicted octanol–water partition coefficient (Wildman–Crippen LogP) is 5.09. The van der Waals surface area contributed by atoms with Crippen molar-refractivity contribution in [3.63, 3.8) is 0 Å². The minimum absolute atomic E-state index is 0.0657. The fourth-order valence-corrected chi connectivity index (χ4v) is 4.02. The van der Waals surface area contributed by atoms with E-state index in [2.05, 4.69) is 39.5 Å². The van der Waals surface area contributed by atoms with Crippen molar-refractivity contribution in [1.82, 2.24) is 14.9 Å². The molecule has 6 heteroatoms. The second kappa shape index (κ2) is 9.37. The molecule has 1 aliphatic heterocycles. The molecule has 1 aliphatic rings. The van der Waals surface area contributed by atoms with Crippen LogP contribution in [0.3, 0.4) is 0 Å². The van der Waals surface area contributed by atoms with Gasteiger partial charge in [0.1, 0.15) is 0 Å². The molecule has 0 atom stereocenters. The third-order valence-corrected chi connectivity index (χ3v) is 5.58. The van der Waals surface area contributed by atoms with Gasteiger partial charge in [0.05, 0.1) is 11.4 Å². The number of rotatable bonds is 6. The monoisotopic (exact) mass is 420 g/mol. The molecule has 0 fully saturated rings. The summed E-state index contributed by atoms with van der Waals surface area (Å²) in [4.78, 5) is 23.9. The molecule has 4 rings (SSSR count). The van der Waals surface area contributed by atoms with Gasteiger partial charge in [0.15, 0.2) is 0 Å². The van der Waals surface area contributed by atoms with Crippen molar-refractivity contribution in [2.75, 3.05) is 11.9 Å². The molecule has 0 radical (unpaired) electrons. The molecule has 2 heterocycles. The van der Waals surface area contributed by atoms with Gasteiger partial charge in [-0.3, -0.25) is 15.0 Å². The van der Waals surface area contributed by atoms with E-state index in [1.807, 2.05) is 37.3 Å². The van der Waals surface area contributed by atoms with Gasteiger partial charge in [-0.05, 0) is 18.1 Å². The second-order valence-electron chi connectivity index (χ2n) is 7.55. The molecule has 5 nitrogen and oxygen atoms in total. The molecule has 3 aromatic rings. The van der Waals surface area contributed by atoms with Crippen LogP contribution in [0.4, 0.5) is 5.95 Å². The van der Waals surface area contributed by atoms with Crippen LogP contribution in [0.2, 0.25) is 5.02 Å². The van der Waals surface area contributed by atoms with Gasteiger partial charge < -0.3 is 0 Å². The zero-order chi connectivity index (χ0) is 20.9. The molecule has 1 aromatic heterocycles. The summed E-state index contributed by atoms with van der Waals surface area (Å²) in [5, 5.41) is 3.50. The molecule has 1 N–H and O–H groups in total. The van der Waals surface area contributed by atoms with Crippen LogP contribution in [0.15, 0.2) is 54.6 Å². The Morgan fingerprint density at radius 3 is 2.63 bits per heavy atom. The summed E-state index contributed by atoms with van der Waals surface area (Å²) in [6.45, 7) is 4.50. The number of hydrogen-bond donors (Lipinski definition) is 1. The van der Waals surface area contributed by atoms with E-state index in [1.54, 1.807) is 0 Å². The molecular formula is C24H25ClN4O. The van der Waals surface area contributed by atoms with E-state index in [4.69, 9.17) is 16.6 Å². The van der Waals surface area contributed by atoms with Gasteiger partial charge in [-0.2, -0.15) is 0 Å². The molecule has 0 unspecified atom stereocenters. The highest BCUT2D eigenvalue weighted by Crippen LogP contribution is 2.33. The normalized spacial score (nSPS) is 13.7. The summed E-state index contributed by atoms with van der Waals surface area (Å²) in [7, 11) is 0. The van der Waals surface area contributed by atoms with Crippen molar-refractivity contribution in [1.29, 1.82) is 0 Å². The van der Waals surface area contributed by atoms with Gasteiger partial charge in [-0.15, -0.1) is 0 Å². The molecule has 0 saturated heterocycles. The van der Waals surface area contributed by atoms with E-state index < -0.39 is 0 Å². The van der Waals surface area contributed by atoms with Gasteiger partial charge in [-0.25, -0.2) is 9.97 Å². The van der Waals surface area contributed by atoms with Gasteiger partial charge >= 0.3 is 0 Å². The van der Waals surface area contributed by atoms with Crippen molar-refractivity contribution in [3.8, 4) is 11.3 Å². The topological polar surface area (TPSA) is 58.1 Å². The first-order valence-corrected chi connectivity index (χ1v) is 10.7. The number of benzene rings is 2. The third-order valence-electron chi connectivity index (χ3n) is 5.25. The second-order valence-corrected chi connectivity index (χ2v) is 7.95. The van der Waals surface area contributed by atoms with Crippen LogP contribution >= 0.6 is 11.6 Å². The maximum Gasteiger partial charge on any atom is 0.230 e. The Labute approximate surface area is 182 Å². The summed E-state index contributed by atoms with van der Waals surface area (Å²) in [6, 6.07) is 18.2. The Kier molecular flexibility index (Phi) is 6.41. The van der Waals surface area contributed by atoms with E-state index >= 15 is 0 Å². The maximum absolute atomic E-state index is 12.1. The number of hydrogen-bond acceptors (Lipinski definition) is 4. The summed E-state index contributed by atoms with van der Waals surface area (Å²) >= 11 is 6.51. The molecule has 0 saturated carbocycles. The summed E-state index contributed by atoms with van der Waals surface area (Å²) < 4.78 is 0. The lowest BCUT2D eigenvalue weighted by molar-refractivity contribution is -0.116. The van der Waals surface area contributed by atoms with E-state index in [-0.39, 0.29) is 5.91 Å². The van der Waals surface area contributed by atoms with Crippen molar-refractivity contribution in [2.45, 2.75) is 39.3 Å². The molecule has 0 spiro atoms. The zero-order valence-corrected chi connectivity index (χ0v) is 17.8.